The molecule has 20 heteroatoms. The minimum absolute atomic E-state index is 0.115. The van der Waals surface area contributed by atoms with Crippen molar-refractivity contribution in [3.63, 3.8) is 0 Å². The molecular formula is C101H150F4O12Si4. The lowest BCUT2D eigenvalue weighted by molar-refractivity contribution is 0.0155. The van der Waals surface area contributed by atoms with E-state index in [1.807, 2.05) is 129 Å². The number of halogens is 4. The molecule has 0 spiro atoms. The van der Waals surface area contributed by atoms with Crippen molar-refractivity contribution in [1.29, 1.82) is 0 Å². The number of rotatable bonds is 25. The fraction of sp³-hybridized carbons (Fsp3) is 0.525. The van der Waals surface area contributed by atoms with Gasteiger partial charge < -0.3 is 56.7 Å². The minimum Gasteiger partial charge on any atom is -0.497 e. The number of methoxy groups -OCH3 is 5. The first-order valence-electron chi connectivity index (χ1n) is 42.2. The van der Waals surface area contributed by atoms with Crippen molar-refractivity contribution >= 4 is 33.3 Å². The molecule has 0 aromatic heterocycles. The molecule has 670 valence electrons. The van der Waals surface area contributed by atoms with Crippen LogP contribution in [0.1, 0.15) is 235 Å². The van der Waals surface area contributed by atoms with Gasteiger partial charge in [-0.1, -0.05) is 239 Å². The second-order valence-corrected chi connectivity index (χ2v) is 61.8. The van der Waals surface area contributed by atoms with Crippen LogP contribution in [0.25, 0.3) is 44.5 Å². The molecule has 0 saturated heterocycles. The molecule has 0 radical (unpaired) electrons. The summed E-state index contributed by atoms with van der Waals surface area (Å²) in [7, 11) is 0.370. The average molecular weight is 1740 g/mol. The Bertz CT molecular complexity index is 4360. The van der Waals surface area contributed by atoms with Crippen LogP contribution in [-0.4, -0.2) is 84.1 Å². The molecule has 8 aromatic carbocycles. The molecular weight excluding hydrogens is 1590 g/mol. The Morgan fingerprint density at radius 2 is 0.446 bits per heavy atom. The maximum absolute atomic E-state index is 14.9. The minimum atomic E-state index is -1.91. The zero-order chi connectivity index (χ0) is 92.3. The number of aliphatic hydroxyl groups is 3. The Morgan fingerprint density at radius 3 is 0.612 bits per heavy atom. The standard InChI is InChI=1S/C26H39FO3Si.3C25H37FO3Si/c1-25(2,3)24(29-8)22-15-18(17-30-31(9,10)26(4,5)6)11-13-20(22)21-16-19(28-7)12-14-23(21)27;3*1-24(2,3)23(27)21-14-17(16-29-30(8,9)25(4,5)6)10-12-19(21)20-15-18(28-7)11-13-22(20)26/h11-16,24H,17H2,1-10H3;3*10-15,23,27H,16H2,1-9H3/t24-;3*23-/m0110/s1. The predicted octanol–water partition coefficient (Wildman–Crippen LogP) is 29.1. The third-order valence-corrected chi connectivity index (χ3v) is 42.5. The van der Waals surface area contributed by atoms with E-state index in [4.69, 9.17) is 41.4 Å². The monoisotopic (exact) mass is 1740 g/mol. The van der Waals surface area contributed by atoms with E-state index in [1.54, 1.807) is 84.1 Å². The van der Waals surface area contributed by atoms with Gasteiger partial charge in [0.15, 0.2) is 33.3 Å². The van der Waals surface area contributed by atoms with Crippen molar-refractivity contribution in [3.05, 3.63) is 213 Å². The van der Waals surface area contributed by atoms with Crippen molar-refractivity contribution in [2.75, 3.05) is 35.5 Å². The third kappa shape index (κ3) is 28.1. The van der Waals surface area contributed by atoms with Crippen LogP contribution in [0, 0.1) is 44.9 Å². The van der Waals surface area contributed by atoms with Crippen LogP contribution < -0.4 is 18.9 Å². The van der Waals surface area contributed by atoms with E-state index in [0.717, 1.165) is 33.4 Å². The van der Waals surface area contributed by atoms with Gasteiger partial charge in [0.1, 0.15) is 46.3 Å². The van der Waals surface area contributed by atoms with Crippen LogP contribution >= 0.6 is 0 Å². The summed E-state index contributed by atoms with van der Waals surface area (Å²) in [5.74, 6) is 1.04. The number of aliphatic hydroxyl groups excluding tert-OH is 3. The molecule has 0 fully saturated rings. The molecule has 4 atom stereocenters. The Balaban J connectivity index is 0.000000287. The summed E-state index contributed by atoms with van der Waals surface area (Å²) in [4.78, 5) is 0. The van der Waals surface area contributed by atoms with E-state index < -0.39 is 67.8 Å². The molecule has 0 amide bonds. The van der Waals surface area contributed by atoms with Gasteiger partial charge in [-0.15, -0.1) is 0 Å². The predicted molar refractivity (Wildman–Crippen MR) is 504 cm³/mol. The van der Waals surface area contributed by atoms with Gasteiger partial charge in [0.25, 0.3) is 0 Å². The Hall–Kier alpha value is -6.77. The van der Waals surface area contributed by atoms with Gasteiger partial charge >= 0.3 is 0 Å². The summed E-state index contributed by atoms with van der Waals surface area (Å²) < 4.78 is 112. The second-order valence-electron chi connectivity index (χ2n) is 42.6. The van der Waals surface area contributed by atoms with E-state index in [0.29, 0.717) is 105 Å². The van der Waals surface area contributed by atoms with Crippen molar-refractivity contribution in [1.82, 2.24) is 0 Å². The quantitative estimate of drug-likeness (QED) is 0.0370. The fourth-order valence-corrected chi connectivity index (χ4v) is 16.1. The number of hydrogen-bond donors (Lipinski definition) is 3. The summed E-state index contributed by atoms with van der Waals surface area (Å²) in [5, 5.41) is 33.8. The zero-order valence-corrected chi connectivity index (χ0v) is 84.5. The SMILES string of the molecule is COc1ccc(F)c(-c2ccc(CO[Si](C)(C)C(C)(C)C)cc2[C@@H](O)C(C)(C)C)c1.COc1ccc(F)c(-c2ccc(CO[Si](C)(C)C(C)(C)C)cc2[C@@H](O)C(C)(C)C)c1.COc1ccc(F)c(-c2ccc(CO[Si](C)(C)C(C)(C)C)cc2[C@H](O)C(C)(C)C)c1.COc1ccc(F)c(-c2ccc(CO[Si](C)(C)C(C)(C)C)cc2[C@H](OC)C(C)(C)C)c1. The first-order chi connectivity index (χ1) is 55.2. The third-order valence-electron chi connectivity index (χ3n) is 24.6. The Labute approximate surface area is 730 Å². The van der Waals surface area contributed by atoms with Crippen LogP contribution in [-0.2, 0) is 48.9 Å². The van der Waals surface area contributed by atoms with Crippen molar-refractivity contribution in [2.24, 2.45) is 21.7 Å². The van der Waals surface area contributed by atoms with Crippen molar-refractivity contribution in [3.8, 4) is 67.5 Å². The topological polar surface area (TPSA) is 144 Å². The highest BCUT2D eigenvalue weighted by Gasteiger charge is 2.42. The molecule has 121 heavy (non-hydrogen) atoms. The highest BCUT2D eigenvalue weighted by molar-refractivity contribution is 6.75. The van der Waals surface area contributed by atoms with Crippen molar-refractivity contribution in [2.45, 2.75) is 290 Å². The Kier molecular flexibility index (Phi) is 35.6. The second kappa shape index (κ2) is 41.1. The summed E-state index contributed by atoms with van der Waals surface area (Å²) in [6.07, 6.45) is -2.48. The van der Waals surface area contributed by atoms with E-state index in [9.17, 15) is 32.9 Å². The highest BCUT2D eigenvalue weighted by atomic mass is 28.4. The van der Waals surface area contributed by atoms with Crippen LogP contribution in [0.2, 0.25) is 72.5 Å². The zero-order valence-electron chi connectivity index (χ0n) is 80.5. The van der Waals surface area contributed by atoms with E-state index >= 15 is 0 Å². The normalized spacial score (nSPS) is 14.0. The van der Waals surface area contributed by atoms with Gasteiger partial charge in [0.05, 0.1) is 79.3 Å². The van der Waals surface area contributed by atoms with Crippen molar-refractivity contribution < 1.29 is 74.3 Å². The summed E-state index contributed by atoms with van der Waals surface area (Å²) in [5.41, 5.74) is 10.3. The van der Waals surface area contributed by atoms with Crippen LogP contribution in [0.5, 0.6) is 23.0 Å². The summed E-state index contributed by atoms with van der Waals surface area (Å²) in [6.45, 7) is 70.5. The van der Waals surface area contributed by atoms with Gasteiger partial charge in [0, 0.05) is 29.4 Å². The largest absolute Gasteiger partial charge is 0.497 e. The molecule has 0 aliphatic carbocycles. The van der Waals surface area contributed by atoms with E-state index in [2.05, 4.69) is 162 Å². The number of benzene rings is 8. The smallest absolute Gasteiger partial charge is 0.192 e. The van der Waals surface area contributed by atoms with Crippen LogP contribution in [0.4, 0.5) is 17.6 Å². The van der Waals surface area contributed by atoms with E-state index in [1.165, 1.54) is 24.3 Å². The van der Waals surface area contributed by atoms with Gasteiger partial charge in [-0.25, -0.2) is 17.6 Å². The molecule has 0 heterocycles. The van der Waals surface area contributed by atoms with Gasteiger partial charge in [-0.2, -0.15) is 0 Å². The number of ether oxygens (including phenoxy) is 5. The lowest BCUT2D eigenvalue weighted by atomic mass is 9.81. The molecule has 0 aliphatic rings. The van der Waals surface area contributed by atoms with E-state index in [-0.39, 0.29) is 54.9 Å². The fourth-order valence-electron chi connectivity index (χ4n) is 12.3. The molecule has 3 N–H and O–H groups in total. The molecule has 0 unspecified atom stereocenters. The first kappa shape index (κ1) is 105. The van der Waals surface area contributed by atoms with Gasteiger partial charge in [-0.05, 0) is 234 Å². The Morgan fingerprint density at radius 1 is 0.256 bits per heavy atom. The van der Waals surface area contributed by atoms with Gasteiger partial charge in [-0.3, -0.25) is 0 Å². The average Bonchev–Trinajstić information content (AvgIpc) is 0.779. The maximum Gasteiger partial charge on any atom is 0.192 e. The number of hydrogen-bond acceptors (Lipinski definition) is 12. The summed E-state index contributed by atoms with van der Waals surface area (Å²) in [6, 6.07) is 42.4. The van der Waals surface area contributed by atoms with Gasteiger partial charge in [0.2, 0.25) is 0 Å². The molecule has 0 saturated carbocycles. The maximum atomic E-state index is 14.9. The molecule has 8 rings (SSSR count). The van der Waals surface area contributed by atoms with Crippen LogP contribution in [0.15, 0.2) is 146 Å². The first-order valence-corrected chi connectivity index (χ1v) is 53.9. The molecule has 12 nitrogen and oxygen atoms in total. The molecule has 8 aromatic rings. The lowest BCUT2D eigenvalue weighted by Gasteiger charge is -2.36. The molecule has 0 bridgehead atoms. The van der Waals surface area contributed by atoms with Crippen LogP contribution in [0.3, 0.4) is 0 Å². The lowest BCUT2D eigenvalue weighted by Crippen LogP contribution is -2.40. The molecule has 0 aliphatic heterocycles. The highest BCUT2D eigenvalue weighted by Crippen LogP contribution is 2.49. The summed E-state index contributed by atoms with van der Waals surface area (Å²) >= 11 is 0.